The molecule has 0 fully saturated rings. The molecular weight excluding hydrogens is 351 g/mol. The number of hydrogen-bond acceptors (Lipinski definition) is 5. The number of thiazole rings is 1. The number of halogens is 2. The molecule has 2 heterocycles. The van der Waals surface area contributed by atoms with Crippen molar-refractivity contribution in [3.05, 3.63) is 64.1 Å². The lowest BCUT2D eigenvalue weighted by Gasteiger charge is -2.06. The molecule has 3 aromatic rings. The number of carbonyl (C=O) groups excluding carboxylic acids is 1. The van der Waals surface area contributed by atoms with Crippen LogP contribution < -0.4 is 10.9 Å². The normalized spacial score (nSPS) is 10.5. The molecule has 2 N–H and O–H groups in total. The molecule has 0 radical (unpaired) electrons. The van der Waals surface area contributed by atoms with Gasteiger partial charge in [-0.2, -0.15) is 4.39 Å². The number of rotatable bonds is 4. The predicted molar refractivity (Wildman–Crippen MR) is 92.6 cm³/mol. The molecule has 0 saturated carbocycles. The summed E-state index contributed by atoms with van der Waals surface area (Å²) in [6.07, 6.45) is 1.29. The van der Waals surface area contributed by atoms with Crippen LogP contribution in [-0.4, -0.2) is 15.9 Å². The largest absolute Gasteiger partial charge is 0.297 e. The number of benzene rings is 1. The zero-order chi connectivity index (χ0) is 17.1. The minimum Gasteiger partial charge on any atom is -0.297 e. The van der Waals surface area contributed by atoms with Crippen LogP contribution in [0.25, 0.3) is 10.6 Å². The van der Waals surface area contributed by atoms with E-state index in [4.69, 9.17) is 11.6 Å². The highest BCUT2D eigenvalue weighted by Crippen LogP contribution is 2.28. The maximum Gasteiger partial charge on any atom is 0.281 e. The first-order valence-electron chi connectivity index (χ1n) is 6.94. The van der Waals surface area contributed by atoms with Crippen molar-refractivity contribution in [3.63, 3.8) is 0 Å². The second kappa shape index (κ2) is 6.94. The fraction of sp³-hybridized carbons (Fsp3) is 0.0625. The number of hydrazine groups is 1. The molecule has 0 aliphatic rings. The SMILES string of the molecule is Cc1nc(-c2ccc(Cl)cc2)sc1C(=O)NNc1ccc(F)nc1. The van der Waals surface area contributed by atoms with Crippen molar-refractivity contribution in [1.82, 2.24) is 15.4 Å². The van der Waals surface area contributed by atoms with Gasteiger partial charge in [-0.05, 0) is 31.2 Å². The Kier molecular flexibility index (Phi) is 4.73. The smallest absolute Gasteiger partial charge is 0.281 e. The second-order valence-electron chi connectivity index (χ2n) is 4.89. The third-order valence-corrected chi connectivity index (χ3v) is 4.60. The van der Waals surface area contributed by atoms with E-state index in [0.717, 1.165) is 10.6 Å². The van der Waals surface area contributed by atoms with E-state index >= 15 is 0 Å². The highest BCUT2D eigenvalue weighted by molar-refractivity contribution is 7.17. The molecule has 1 amide bonds. The number of aromatic nitrogens is 2. The van der Waals surface area contributed by atoms with Gasteiger partial charge >= 0.3 is 0 Å². The van der Waals surface area contributed by atoms with Gasteiger partial charge in [0.15, 0.2) is 0 Å². The Bertz CT molecular complexity index is 865. The maximum absolute atomic E-state index is 12.8. The van der Waals surface area contributed by atoms with Crippen molar-refractivity contribution in [2.45, 2.75) is 6.92 Å². The van der Waals surface area contributed by atoms with Gasteiger partial charge < -0.3 is 0 Å². The van der Waals surface area contributed by atoms with Crippen LogP contribution in [-0.2, 0) is 0 Å². The number of anilines is 1. The third-order valence-electron chi connectivity index (χ3n) is 3.14. The van der Waals surface area contributed by atoms with Gasteiger partial charge in [0, 0.05) is 10.6 Å². The van der Waals surface area contributed by atoms with Gasteiger partial charge in [0.25, 0.3) is 5.91 Å². The molecule has 0 bridgehead atoms. The molecule has 0 saturated heterocycles. The summed E-state index contributed by atoms with van der Waals surface area (Å²) in [6.45, 7) is 1.77. The summed E-state index contributed by atoms with van der Waals surface area (Å²) in [5.74, 6) is -0.910. The Balaban J connectivity index is 1.73. The summed E-state index contributed by atoms with van der Waals surface area (Å²) in [4.78, 5) is 20.7. The van der Waals surface area contributed by atoms with Gasteiger partial charge in [-0.15, -0.1) is 11.3 Å². The van der Waals surface area contributed by atoms with Crippen LogP contribution in [0.1, 0.15) is 15.4 Å². The lowest BCUT2D eigenvalue weighted by Crippen LogP contribution is -2.29. The number of nitrogens with zero attached hydrogens (tertiary/aromatic N) is 2. The average Bonchev–Trinajstić information content (AvgIpc) is 2.96. The molecule has 5 nitrogen and oxygen atoms in total. The summed E-state index contributed by atoms with van der Waals surface area (Å²) in [7, 11) is 0. The highest BCUT2D eigenvalue weighted by atomic mass is 35.5. The molecular formula is C16H12ClFN4OS. The first-order chi connectivity index (χ1) is 11.5. The van der Waals surface area contributed by atoms with Crippen LogP contribution >= 0.6 is 22.9 Å². The average molecular weight is 363 g/mol. The molecule has 1 aromatic carbocycles. The molecule has 0 aliphatic heterocycles. The number of pyridine rings is 1. The van der Waals surface area contributed by atoms with Gasteiger partial charge in [-0.25, -0.2) is 9.97 Å². The lowest BCUT2D eigenvalue weighted by molar-refractivity contribution is 0.0966. The fourth-order valence-electron chi connectivity index (χ4n) is 1.96. The van der Waals surface area contributed by atoms with Crippen LogP contribution in [0.15, 0.2) is 42.6 Å². The Morgan fingerprint density at radius 3 is 2.62 bits per heavy atom. The zero-order valence-corrected chi connectivity index (χ0v) is 14.1. The van der Waals surface area contributed by atoms with Crippen molar-refractivity contribution in [3.8, 4) is 10.6 Å². The van der Waals surface area contributed by atoms with Crippen LogP contribution in [0.3, 0.4) is 0 Å². The molecule has 8 heteroatoms. The van der Waals surface area contributed by atoms with Crippen LogP contribution in [0.5, 0.6) is 0 Å². The van der Waals surface area contributed by atoms with E-state index in [0.29, 0.717) is 21.3 Å². The quantitative estimate of drug-likeness (QED) is 0.542. The van der Waals surface area contributed by atoms with Crippen molar-refractivity contribution < 1.29 is 9.18 Å². The standard InChI is InChI=1S/C16H12ClFN4OS/c1-9-14(15(23)22-21-12-6-7-13(18)19-8-12)24-16(20-9)10-2-4-11(17)5-3-10/h2-8,21H,1H3,(H,22,23). The topological polar surface area (TPSA) is 66.9 Å². The number of nitrogens with one attached hydrogen (secondary N) is 2. The Hall–Kier alpha value is -2.51. The number of amides is 1. The summed E-state index contributed by atoms with van der Waals surface area (Å²) >= 11 is 7.16. The first kappa shape index (κ1) is 16.4. The van der Waals surface area contributed by atoms with E-state index in [1.54, 1.807) is 19.1 Å². The third kappa shape index (κ3) is 3.69. The van der Waals surface area contributed by atoms with E-state index in [2.05, 4.69) is 20.8 Å². The lowest BCUT2D eigenvalue weighted by atomic mass is 10.2. The predicted octanol–water partition coefficient (Wildman–Crippen LogP) is 4.06. The monoisotopic (exact) mass is 362 g/mol. The van der Waals surface area contributed by atoms with Crippen molar-refractivity contribution in [2.75, 3.05) is 5.43 Å². The van der Waals surface area contributed by atoms with E-state index in [1.165, 1.54) is 29.7 Å². The van der Waals surface area contributed by atoms with Gasteiger partial charge in [0.1, 0.15) is 9.88 Å². The number of carbonyl (C=O) groups is 1. The number of aryl methyl sites for hydroxylation is 1. The molecule has 0 aliphatic carbocycles. The van der Waals surface area contributed by atoms with Crippen molar-refractivity contribution in [1.29, 1.82) is 0 Å². The Labute approximate surface area is 146 Å². The van der Waals surface area contributed by atoms with Crippen LogP contribution in [0.4, 0.5) is 10.1 Å². The minimum absolute atomic E-state index is 0.325. The van der Waals surface area contributed by atoms with Crippen molar-refractivity contribution >= 4 is 34.5 Å². The molecule has 24 heavy (non-hydrogen) atoms. The first-order valence-corrected chi connectivity index (χ1v) is 8.13. The highest BCUT2D eigenvalue weighted by Gasteiger charge is 2.16. The number of hydrogen-bond donors (Lipinski definition) is 2. The molecule has 0 atom stereocenters. The van der Waals surface area contributed by atoms with Crippen LogP contribution in [0.2, 0.25) is 5.02 Å². The van der Waals surface area contributed by atoms with Gasteiger partial charge in [0.05, 0.1) is 17.6 Å². The van der Waals surface area contributed by atoms with Crippen molar-refractivity contribution in [2.24, 2.45) is 0 Å². The van der Waals surface area contributed by atoms with E-state index in [9.17, 15) is 9.18 Å². The van der Waals surface area contributed by atoms with E-state index in [1.807, 2.05) is 12.1 Å². The minimum atomic E-state index is -0.585. The second-order valence-corrected chi connectivity index (χ2v) is 6.32. The van der Waals surface area contributed by atoms with Gasteiger partial charge in [-0.3, -0.25) is 15.6 Å². The summed E-state index contributed by atoms with van der Waals surface area (Å²) in [6, 6.07) is 9.93. The van der Waals surface area contributed by atoms with E-state index in [-0.39, 0.29) is 5.91 Å². The summed E-state index contributed by atoms with van der Waals surface area (Å²) in [5, 5.41) is 1.37. The summed E-state index contributed by atoms with van der Waals surface area (Å²) < 4.78 is 12.8. The fourth-order valence-corrected chi connectivity index (χ4v) is 3.05. The summed E-state index contributed by atoms with van der Waals surface area (Å²) in [5.41, 5.74) is 7.23. The maximum atomic E-state index is 12.8. The zero-order valence-electron chi connectivity index (χ0n) is 12.5. The Morgan fingerprint density at radius 1 is 1.21 bits per heavy atom. The molecule has 122 valence electrons. The molecule has 2 aromatic heterocycles. The van der Waals surface area contributed by atoms with Crippen LogP contribution in [0, 0.1) is 12.9 Å². The Morgan fingerprint density at radius 2 is 1.96 bits per heavy atom. The molecule has 3 rings (SSSR count). The molecule has 0 spiro atoms. The van der Waals surface area contributed by atoms with Gasteiger partial charge in [0.2, 0.25) is 5.95 Å². The molecule has 0 unspecified atom stereocenters. The van der Waals surface area contributed by atoms with E-state index < -0.39 is 5.95 Å². The van der Waals surface area contributed by atoms with Gasteiger partial charge in [-0.1, -0.05) is 23.7 Å².